The molecular formula is C16H13ClN2O2. The second-order valence-electron chi connectivity index (χ2n) is 4.65. The predicted molar refractivity (Wildman–Crippen MR) is 84.1 cm³/mol. The van der Waals surface area contributed by atoms with Gasteiger partial charge in [-0.2, -0.15) is 0 Å². The molecule has 0 bridgehead atoms. The summed E-state index contributed by atoms with van der Waals surface area (Å²) in [7, 11) is 1.58. The lowest BCUT2D eigenvalue weighted by Gasteiger charge is -2.06. The van der Waals surface area contributed by atoms with Gasteiger partial charge in [-0.05, 0) is 30.3 Å². The Morgan fingerprint density at radius 1 is 1.29 bits per heavy atom. The average Bonchev–Trinajstić information content (AvgIpc) is 2.89. The van der Waals surface area contributed by atoms with Crippen molar-refractivity contribution in [2.75, 3.05) is 12.8 Å². The lowest BCUT2D eigenvalue weighted by atomic mass is 10.0. The zero-order valence-electron chi connectivity index (χ0n) is 11.3. The summed E-state index contributed by atoms with van der Waals surface area (Å²) in [4.78, 5) is 15.8. The van der Waals surface area contributed by atoms with Crippen LogP contribution in [0.5, 0.6) is 5.75 Å². The first-order valence-corrected chi connectivity index (χ1v) is 6.73. The van der Waals surface area contributed by atoms with Crippen LogP contribution in [0.15, 0.2) is 42.6 Å². The van der Waals surface area contributed by atoms with Crippen LogP contribution >= 0.6 is 11.6 Å². The van der Waals surface area contributed by atoms with Crippen molar-refractivity contribution in [3.8, 4) is 5.75 Å². The van der Waals surface area contributed by atoms with Crippen LogP contribution in [-0.2, 0) is 0 Å². The van der Waals surface area contributed by atoms with E-state index in [9.17, 15) is 4.79 Å². The number of ketones is 1. The highest BCUT2D eigenvalue weighted by molar-refractivity contribution is 6.36. The smallest absolute Gasteiger partial charge is 0.198 e. The molecule has 0 saturated heterocycles. The van der Waals surface area contributed by atoms with Gasteiger partial charge < -0.3 is 15.5 Å². The van der Waals surface area contributed by atoms with E-state index < -0.39 is 0 Å². The minimum atomic E-state index is -0.211. The highest BCUT2D eigenvalue weighted by atomic mass is 35.5. The largest absolute Gasteiger partial charge is 0.497 e. The zero-order valence-corrected chi connectivity index (χ0v) is 12.1. The molecule has 0 aliphatic rings. The molecule has 3 rings (SSSR count). The Bertz CT molecular complexity index is 819. The van der Waals surface area contributed by atoms with Crippen LogP contribution in [0.1, 0.15) is 15.9 Å². The predicted octanol–water partition coefficient (Wildman–Crippen LogP) is 3.64. The molecule has 1 heterocycles. The van der Waals surface area contributed by atoms with Crippen LogP contribution in [-0.4, -0.2) is 17.9 Å². The van der Waals surface area contributed by atoms with Crippen molar-refractivity contribution in [2.24, 2.45) is 0 Å². The Hall–Kier alpha value is -2.46. The summed E-state index contributed by atoms with van der Waals surface area (Å²) in [5, 5.41) is 1.12. The van der Waals surface area contributed by atoms with Crippen molar-refractivity contribution in [3.63, 3.8) is 0 Å². The molecule has 0 radical (unpaired) electrons. The van der Waals surface area contributed by atoms with E-state index in [0.717, 1.165) is 10.9 Å². The van der Waals surface area contributed by atoms with Gasteiger partial charge in [-0.15, -0.1) is 0 Å². The van der Waals surface area contributed by atoms with Gasteiger partial charge in [0.2, 0.25) is 0 Å². The fraction of sp³-hybridized carbons (Fsp3) is 0.0625. The molecule has 3 N–H and O–H groups in total. The number of aromatic nitrogens is 1. The van der Waals surface area contributed by atoms with E-state index >= 15 is 0 Å². The Labute approximate surface area is 126 Å². The van der Waals surface area contributed by atoms with E-state index in [-0.39, 0.29) is 5.78 Å². The van der Waals surface area contributed by atoms with Crippen LogP contribution in [0, 0.1) is 0 Å². The van der Waals surface area contributed by atoms with E-state index in [2.05, 4.69) is 4.98 Å². The number of ether oxygens (including phenoxy) is 1. The molecule has 3 aromatic rings. The van der Waals surface area contributed by atoms with Crippen LogP contribution in [0.4, 0.5) is 5.69 Å². The number of fused-ring (bicyclic) bond motifs is 1. The summed E-state index contributed by atoms with van der Waals surface area (Å²) in [5.41, 5.74) is 7.94. The molecule has 0 spiro atoms. The van der Waals surface area contributed by atoms with Gasteiger partial charge in [0, 0.05) is 28.4 Å². The van der Waals surface area contributed by atoms with Crippen molar-refractivity contribution in [2.45, 2.75) is 0 Å². The third-order valence-electron chi connectivity index (χ3n) is 3.41. The molecule has 4 nitrogen and oxygen atoms in total. The third-order valence-corrected chi connectivity index (χ3v) is 3.72. The number of benzene rings is 2. The Morgan fingerprint density at radius 2 is 2.10 bits per heavy atom. The standard InChI is InChI=1S/C16H13ClN2O2/c1-21-9-5-6-14-10(7-9)11(8-19-14)16(20)15-12(17)3-2-4-13(15)18/h2-8,19H,18H2,1H3. The molecule has 0 saturated carbocycles. The number of halogens is 1. The summed E-state index contributed by atoms with van der Waals surface area (Å²) in [6, 6.07) is 10.5. The van der Waals surface area contributed by atoms with Crippen molar-refractivity contribution in [1.29, 1.82) is 0 Å². The van der Waals surface area contributed by atoms with Gasteiger partial charge in [0.1, 0.15) is 5.75 Å². The van der Waals surface area contributed by atoms with Gasteiger partial charge in [0.15, 0.2) is 5.78 Å². The first-order chi connectivity index (χ1) is 10.1. The SMILES string of the molecule is COc1ccc2[nH]cc(C(=O)c3c(N)cccc3Cl)c2c1. The minimum absolute atomic E-state index is 0.211. The lowest BCUT2D eigenvalue weighted by molar-refractivity contribution is 0.104. The van der Waals surface area contributed by atoms with Gasteiger partial charge in [-0.3, -0.25) is 4.79 Å². The first-order valence-electron chi connectivity index (χ1n) is 6.35. The number of nitrogens with two attached hydrogens (primary N) is 1. The van der Waals surface area contributed by atoms with Gasteiger partial charge in [0.05, 0.1) is 17.7 Å². The van der Waals surface area contributed by atoms with E-state index in [1.165, 1.54) is 0 Å². The summed E-state index contributed by atoms with van der Waals surface area (Å²) in [6.45, 7) is 0. The topological polar surface area (TPSA) is 68.1 Å². The molecule has 0 atom stereocenters. The molecule has 2 aromatic carbocycles. The first kappa shape index (κ1) is 13.5. The van der Waals surface area contributed by atoms with Gasteiger partial charge in [0.25, 0.3) is 0 Å². The molecule has 0 aliphatic carbocycles. The van der Waals surface area contributed by atoms with Crippen molar-refractivity contribution >= 4 is 34.0 Å². The van der Waals surface area contributed by atoms with Gasteiger partial charge in [-0.25, -0.2) is 0 Å². The highest BCUT2D eigenvalue weighted by Crippen LogP contribution is 2.29. The van der Waals surface area contributed by atoms with E-state index in [0.29, 0.717) is 27.6 Å². The van der Waals surface area contributed by atoms with Crippen LogP contribution in [0.25, 0.3) is 10.9 Å². The minimum Gasteiger partial charge on any atom is -0.497 e. The number of nitrogen functional groups attached to an aromatic ring is 1. The van der Waals surface area contributed by atoms with Crippen LogP contribution in [0.3, 0.4) is 0 Å². The number of nitrogens with one attached hydrogen (secondary N) is 1. The molecule has 5 heteroatoms. The van der Waals surface area contributed by atoms with Crippen LogP contribution < -0.4 is 10.5 Å². The fourth-order valence-electron chi connectivity index (χ4n) is 2.33. The maximum absolute atomic E-state index is 12.7. The second kappa shape index (κ2) is 5.14. The van der Waals surface area contributed by atoms with Crippen molar-refractivity contribution in [3.05, 3.63) is 58.7 Å². The molecule has 106 valence electrons. The number of methoxy groups -OCH3 is 1. The van der Waals surface area contributed by atoms with Crippen LogP contribution in [0.2, 0.25) is 5.02 Å². The fourth-order valence-corrected chi connectivity index (χ4v) is 2.60. The quantitative estimate of drug-likeness (QED) is 0.573. The number of hydrogen-bond donors (Lipinski definition) is 2. The number of hydrogen-bond acceptors (Lipinski definition) is 3. The molecule has 0 amide bonds. The highest BCUT2D eigenvalue weighted by Gasteiger charge is 2.19. The Morgan fingerprint density at radius 3 is 2.81 bits per heavy atom. The maximum Gasteiger partial charge on any atom is 0.198 e. The number of rotatable bonds is 3. The zero-order chi connectivity index (χ0) is 15.0. The lowest BCUT2D eigenvalue weighted by Crippen LogP contribution is -2.05. The van der Waals surface area contributed by atoms with Gasteiger partial charge >= 0.3 is 0 Å². The molecule has 21 heavy (non-hydrogen) atoms. The van der Waals surface area contributed by atoms with E-state index in [4.69, 9.17) is 22.1 Å². The molecule has 0 unspecified atom stereocenters. The summed E-state index contributed by atoms with van der Waals surface area (Å²) >= 11 is 6.12. The molecule has 1 aromatic heterocycles. The summed E-state index contributed by atoms with van der Waals surface area (Å²) in [5.74, 6) is 0.473. The summed E-state index contributed by atoms with van der Waals surface area (Å²) < 4.78 is 5.20. The number of H-pyrrole nitrogens is 1. The number of carbonyl (C=O) groups is 1. The normalized spacial score (nSPS) is 10.8. The number of aromatic amines is 1. The van der Waals surface area contributed by atoms with Gasteiger partial charge in [-0.1, -0.05) is 17.7 Å². The second-order valence-corrected chi connectivity index (χ2v) is 5.05. The van der Waals surface area contributed by atoms with Crippen molar-refractivity contribution in [1.82, 2.24) is 4.98 Å². The Balaban J connectivity index is 2.18. The third kappa shape index (κ3) is 2.23. The average molecular weight is 301 g/mol. The Kier molecular flexibility index (Phi) is 3.31. The van der Waals surface area contributed by atoms with E-state index in [1.807, 2.05) is 18.2 Å². The molecular weight excluding hydrogens is 288 g/mol. The van der Waals surface area contributed by atoms with E-state index in [1.54, 1.807) is 31.5 Å². The number of carbonyl (C=O) groups excluding carboxylic acids is 1. The molecule has 0 aliphatic heterocycles. The maximum atomic E-state index is 12.7. The molecule has 0 fully saturated rings. The number of anilines is 1. The van der Waals surface area contributed by atoms with Crippen molar-refractivity contribution < 1.29 is 9.53 Å². The summed E-state index contributed by atoms with van der Waals surface area (Å²) in [6.07, 6.45) is 1.66. The monoisotopic (exact) mass is 300 g/mol.